The van der Waals surface area contributed by atoms with Crippen molar-refractivity contribution in [3.05, 3.63) is 23.6 Å². The molecule has 0 radical (unpaired) electrons. The van der Waals surface area contributed by atoms with Crippen LogP contribution in [-0.2, 0) is 0 Å². The van der Waals surface area contributed by atoms with E-state index in [1.165, 1.54) is 23.5 Å². The van der Waals surface area contributed by atoms with Gasteiger partial charge in [0.15, 0.2) is 16.6 Å². The zero-order valence-electron chi connectivity index (χ0n) is 9.01. The molecule has 0 amide bonds. The van der Waals surface area contributed by atoms with Gasteiger partial charge >= 0.3 is 0 Å². The summed E-state index contributed by atoms with van der Waals surface area (Å²) >= 11 is 1.53. The zero-order valence-corrected chi connectivity index (χ0v) is 9.82. The average Bonchev–Trinajstić information content (AvgIpc) is 2.71. The number of hydrogen-bond acceptors (Lipinski definition) is 5. The van der Waals surface area contributed by atoms with Gasteiger partial charge in [-0.05, 0) is 18.2 Å². The van der Waals surface area contributed by atoms with E-state index in [1.807, 2.05) is 24.4 Å². The largest absolute Gasteiger partial charge is 0.504 e. The molecule has 1 aromatic carbocycles. The van der Waals surface area contributed by atoms with Crippen molar-refractivity contribution in [1.82, 2.24) is 4.98 Å². The van der Waals surface area contributed by atoms with E-state index in [0.717, 1.165) is 16.4 Å². The van der Waals surface area contributed by atoms with Gasteiger partial charge in [0.1, 0.15) is 0 Å². The second kappa shape index (κ2) is 4.02. The van der Waals surface area contributed by atoms with Crippen LogP contribution in [0.25, 0.3) is 11.3 Å². The number of benzene rings is 1. The summed E-state index contributed by atoms with van der Waals surface area (Å²) in [6.07, 6.45) is 0. The Morgan fingerprint density at radius 2 is 1.94 bits per heavy atom. The molecule has 0 spiro atoms. The molecule has 0 saturated carbocycles. The maximum absolute atomic E-state index is 9.39. The number of rotatable bonds is 2. The Kier molecular flexibility index (Phi) is 2.70. The van der Waals surface area contributed by atoms with Crippen molar-refractivity contribution in [3.63, 3.8) is 0 Å². The Morgan fingerprint density at radius 3 is 2.50 bits per heavy atom. The van der Waals surface area contributed by atoms with Crippen LogP contribution in [0.15, 0.2) is 23.6 Å². The van der Waals surface area contributed by atoms with Gasteiger partial charge < -0.3 is 15.1 Å². The van der Waals surface area contributed by atoms with Crippen molar-refractivity contribution in [1.29, 1.82) is 0 Å². The van der Waals surface area contributed by atoms with Crippen LogP contribution in [-0.4, -0.2) is 29.3 Å². The minimum absolute atomic E-state index is 0.119. The van der Waals surface area contributed by atoms with Gasteiger partial charge in [-0.3, -0.25) is 0 Å². The van der Waals surface area contributed by atoms with Crippen molar-refractivity contribution in [3.8, 4) is 22.8 Å². The first-order valence-electron chi connectivity index (χ1n) is 4.73. The van der Waals surface area contributed by atoms with Crippen LogP contribution >= 0.6 is 11.3 Å². The maximum Gasteiger partial charge on any atom is 0.185 e. The van der Waals surface area contributed by atoms with E-state index in [9.17, 15) is 10.2 Å². The van der Waals surface area contributed by atoms with E-state index in [-0.39, 0.29) is 11.5 Å². The SMILES string of the molecule is CN(C)c1nc(-c2ccc(O)c(O)c2)cs1. The number of thiazole rings is 1. The first-order valence-corrected chi connectivity index (χ1v) is 5.61. The third-order valence-corrected chi connectivity index (χ3v) is 3.15. The first-order chi connectivity index (χ1) is 7.58. The minimum Gasteiger partial charge on any atom is -0.504 e. The number of phenolic OH excluding ortho intramolecular Hbond substituents is 2. The fourth-order valence-corrected chi connectivity index (χ4v) is 2.05. The Bertz CT molecular complexity index is 508. The third kappa shape index (κ3) is 1.94. The Labute approximate surface area is 97.4 Å². The van der Waals surface area contributed by atoms with Crippen LogP contribution < -0.4 is 4.90 Å². The van der Waals surface area contributed by atoms with E-state index in [2.05, 4.69) is 4.98 Å². The first kappa shape index (κ1) is 10.8. The molecule has 2 rings (SSSR count). The van der Waals surface area contributed by atoms with Crippen molar-refractivity contribution in [2.75, 3.05) is 19.0 Å². The lowest BCUT2D eigenvalue weighted by molar-refractivity contribution is 0.404. The van der Waals surface area contributed by atoms with Crippen LogP contribution in [0.3, 0.4) is 0 Å². The van der Waals surface area contributed by atoms with Gasteiger partial charge in [-0.15, -0.1) is 11.3 Å². The molecule has 0 aliphatic heterocycles. The van der Waals surface area contributed by atoms with Gasteiger partial charge in [0.2, 0.25) is 0 Å². The maximum atomic E-state index is 9.39. The fourth-order valence-electron chi connectivity index (χ4n) is 1.29. The number of nitrogens with zero attached hydrogens (tertiary/aromatic N) is 2. The van der Waals surface area contributed by atoms with Crippen molar-refractivity contribution in [2.24, 2.45) is 0 Å². The molecule has 16 heavy (non-hydrogen) atoms. The second-order valence-corrected chi connectivity index (χ2v) is 4.45. The molecule has 0 saturated heterocycles. The fraction of sp³-hybridized carbons (Fsp3) is 0.182. The van der Waals surface area contributed by atoms with Crippen LogP contribution in [0.1, 0.15) is 0 Å². The molecule has 5 heteroatoms. The van der Waals surface area contributed by atoms with Crippen molar-refractivity contribution < 1.29 is 10.2 Å². The highest BCUT2D eigenvalue weighted by atomic mass is 32.1. The lowest BCUT2D eigenvalue weighted by Crippen LogP contribution is -2.07. The van der Waals surface area contributed by atoms with Gasteiger partial charge in [0, 0.05) is 25.0 Å². The molecule has 0 unspecified atom stereocenters. The highest BCUT2D eigenvalue weighted by Crippen LogP contribution is 2.32. The highest BCUT2D eigenvalue weighted by molar-refractivity contribution is 7.14. The number of anilines is 1. The number of aromatic hydroxyl groups is 2. The second-order valence-electron chi connectivity index (χ2n) is 3.61. The monoisotopic (exact) mass is 236 g/mol. The molecule has 4 nitrogen and oxygen atoms in total. The van der Waals surface area contributed by atoms with Crippen LogP contribution in [0.4, 0.5) is 5.13 Å². The summed E-state index contributed by atoms with van der Waals surface area (Å²) in [7, 11) is 3.85. The minimum atomic E-state index is -0.128. The van der Waals surface area contributed by atoms with Crippen LogP contribution in [0.2, 0.25) is 0 Å². The van der Waals surface area contributed by atoms with E-state index in [4.69, 9.17) is 0 Å². The van der Waals surface area contributed by atoms with E-state index in [0.29, 0.717) is 0 Å². The van der Waals surface area contributed by atoms with E-state index in [1.54, 1.807) is 6.07 Å². The lowest BCUT2D eigenvalue weighted by Gasteiger charge is -2.05. The Balaban J connectivity index is 2.39. The molecule has 1 aromatic heterocycles. The summed E-state index contributed by atoms with van der Waals surface area (Å²) in [5, 5.41) is 21.4. The summed E-state index contributed by atoms with van der Waals surface area (Å²) in [6, 6.07) is 4.69. The topological polar surface area (TPSA) is 56.6 Å². The normalized spacial score (nSPS) is 10.4. The Morgan fingerprint density at radius 1 is 1.19 bits per heavy atom. The van der Waals surface area contributed by atoms with Gasteiger partial charge in [-0.25, -0.2) is 4.98 Å². The molecular formula is C11H12N2O2S. The van der Waals surface area contributed by atoms with Gasteiger partial charge in [0.25, 0.3) is 0 Å². The Hall–Kier alpha value is -1.75. The lowest BCUT2D eigenvalue weighted by atomic mass is 10.1. The molecule has 1 heterocycles. The molecule has 84 valence electrons. The summed E-state index contributed by atoms with van der Waals surface area (Å²) in [5.41, 5.74) is 1.59. The van der Waals surface area contributed by atoms with E-state index >= 15 is 0 Å². The van der Waals surface area contributed by atoms with Crippen molar-refractivity contribution in [2.45, 2.75) is 0 Å². The standard InChI is InChI=1S/C11H12N2O2S/c1-13(2)11-12-8(6-16-11)7-3-4-9(14)10(15)5-7/h3-6,14-15H,1-2H3. The highest BCUT2D eigenvalue weighted by Gasteiger charge is 2.08. The number of hydrogen-bond donors (Lipinski definition) is 2. The molecule has 2 aromatic rings. The predicted molar refractivity (Wildman–Crippen MR) is 65.2 cm³/mol. The van der Waals surface area contributed by atoms with Gasteiger partial charge in [-0.2, -0.15) is 0 Å². The number of phenols is 2. The molecule has 0 fully saturated rings. The number of aromatic nitrogens is 1. The van der Waals surface area contributed by atoms with Crippen LogP contribution in [0, 0.1) is 0 Å². The summed E-state index contributed by atoms with van der Waals surface area (Å²) < 4.78 is 0. The quantitative estimate of drug-likeness (QED) is 0.785. The molecule has 0 aliphatic carbocycles. The molecule has 0 atom stereocenters. The van der Waals surface area contributed by atoms with E-state index < -0.39 is 0 Å². The summed E-state index contributed by atoms with van der Waals surface area (Å²) in [6.45, 7) is 0. The zero-order chi connectivity index (χ0) is 11.7. The van der Waals surface area contributed by atoms with Crippen molar-refractivity contribution >= 4 is 16.5 Å². The summed E-state index contributed by atoms with van der Waals surface area (Å²) in [5.74, 6) is -0.247. The summed E-state index contributed by atoms with van der Waals surface area (Å²) in [4.78, 5) is 6.33. The van der Waals surface area contributed by atoms with Gasteiger partial charge in [0.05, 0.1) is 5.69 Å². The molecule has 2 N–H and O–H groups in total. The third-order valence-electron chi connectivity index (χ3n) is 2.15. The molecule has 0 aliphatic rings. The van der Waals surface area contributed by atoms with Crippen LogP contribution in [0.5, 0.6) is 11.5 Å². The average molecular weight is 236 g/mol. The predicted octanol–water partition coefficient (Wildman–Crippen LogP) is 2.29. The van der Waals surface area contributed by atoms with Gasteiger partial charge in [-0.1, -0.05) is 0 Å². The smallest absolute Gasteiger partial charge is 0.185 e. The molecule has 0 bridgehead atoms. The molecular weight excluding hydrogens is 224 g/mol.